The number of anilines is 1. The van der Waals surface area contributed by atoms with Gasteiger partial charge in [0.25, 0.3) is 0 Å². The highest BCUT2D eigenvalue weighted by atomic mass is 32.2. The number of nitrogens with one attached hydrogen (secondary N) is 1. The summed E-state index contributed by atoms with van der Waals surface area (Å²) in [6.45, 7) is 7.76. The van der Waals surface area contributed by atoms with Crippen molar-refractivity contribution in [3.05, 3.63) is 24.3 Å². The number of fused-ring (bicyclic) bond motifs is 1. The lowest BCUT2D eigenvalue weighted by Crippen LogP contribution is -2.43. The van der Waals surface area contributed by atoms with Crippen molar-refractivity contribution in [1.82, 2.24) is 10.2 Å². The molecule has 0 radical (unpaired) electrons. The van der Waals surface area contributed by atoms with Gasteiger partial charge in [0.2, 0.25) is 5.91 Å². The Hall–Kier alpha value is -1.20. The molecule has 2 aliphatic rings. The molecule has 126 valence electrons. The molecule has 5 heteroatoms. The number of hydrogen-bond acceptors (Lipinski definition) is 4. The van der Waals surface area contributed by atoms with E-state index in [0.717, 1.165) is 26.1 Å². The Morgan fingerprint density at radius 2 is 2.09 bits per heavy atom. The molecule has 0 saturated carbocycles. The minimum atomic E-state index is 0.140. The van der Waals surface area contributed by atoms with Crippen LogP contribution in [0.3, 0.4) is 0 Å². The summed E-state index contributed by atoms with van der Waals surface area (Å²) in [5.41, 5.74) is 1.21. The molecule has 4 nitrogen and oxygen atoms in total. The lowest BCUT2D eigenvalue weighted by Gasteiger charge is -2.34. The zero-order valence-corrected chi connectivity index (χ0v) is 14.8. The number of hydrogen-bond donors (Lipinski definition) is 1. The first kappa shape index (κ1) is 16.7. The number of nitrogens with zero attached hydrogens (tertiary/aromatic N) is 2. The van der Waals surface area contributed by atoms with Gasteiger partial charge in [-0.3, -0.25) is 4.79 Å². The standard InChI is InChI=1S/C18H27N3OS/c1-2-15-13-21(16-7-3-4-8-17(16)23-15)14-18(22)19-9-12-20-10-5-6-11-20/h3-4,7-8,15H,2,5-6,9-14H2,1H3,(H,19,22)/t15-/m0/s1. The van der Waals surface area contributed by atoms with Crippen LogP contribution in [0.25, 0.3) is 0 Å². The van der Waals surface area contributed by atoms with Crippen LogP contribution < -0.4 is 10.2 Å². The molecule has 1 atom stereocenters. The number of carbonyl (C=O) groups excluding carboxylic acids is 1. The topological polar surface area (TPSA) is 35.6 Å². The summed E-state index contributed by atoms with van der Waals surface area (Å²) < 4.78 is 0. The third-order valence-corrected chi connectivity index (χ3v) is 6.08. The zero-order chi connectivity index (χ0) is 16.1. The Bertz CT molecular complexity index is 531. The van der Waals surface area contributed by atoms with Crippen molar-refractivity contribution in [3.63, 3.8) is 0 Å². The van der Waals surface area contributed by atoms with Crippen molar-refractivity contribution >= 4 is 23.4 Å². The third kappa shape index (κ3) is 4.42. The lowest BCUT2D eigenvalue weighted by atomic mass is 10.2. The molecule has 1 amide bonds. The van der Waals surface area contributed by atoms with Crippen LogP contribution in [0.5, 0.6) is 0 Å². The Morgan fingerprint density at radius 1 is 1.30 bits per heavy atom. The fraction of sp³-hybridized carbons (Fsp3) is 0.611. The van der Waals surface area contributed by atoms with Crippen molar-refractivity contribution in [3.8, 4) is 0 Å². The maximum Gasteiger partial charge on any atom is 0.239 e. The van der Waals surface area contributed by atoms with Crippen LogP contribution in [0.2, 0.25) is 0 Å². The molecule has 1 N–H and O–H groups in total. The predicted molar refractivity (Wildman–Crippen MR) is 97.3 cm³/mol. The molecule has 0 aromatic heterocycles. The van der Waals surface area contributed by atoms with Crippen LogP contribution in [-0.2, 0) is 4.79 Å². The molecule has 23 heavy (non-hydrogen) atoms. The average molecular weight is 334 g/mol. The molecule has 1 saturated heterocycles. The van der Waals surface area contributed by atoms with Crippen molar-refractivity contribution < 1.29 is 4.79 Å². The van der Waals surface area contributed by atoms with Gasteiger partial charge < -0.3 is 15.1 Å². The summed E-state index contributed by atoms with van der Waals surface area (Å²) >= 11 is 1.94. The quantitative estimate of drug-likeness (QED) is 0.868. The van der Waals surface area contributed by atoms with E-state index in [1.54, 1.807) is 0 Å². The Balaban J connectivity index is 1.52. The van der Waals surface area contributed by atoms with Crippen molar-refractivity contribution in [2.45, 2.75) is 36.3 Å². The summed E-state index contributed by atoms with van der Waals surface area (Å²) in [5.74, 6) is 0.140. The maximum atomic E-state index is 12.3. The molecule has 1 fully saturated rings. The molecule has 0 bridgehead atoms. The molecule has 1 aromatic carbocycles. The monoisotopic (exact) mass is 333 g/mol. The first-order valence-corrected chi connectivity index (χ1v) is 9.64. The number of carbonyl (C=O) groups is 1. The van der Waals surface area contributed by atoms with Gasteiger partial charge in [-0.15, -0.1) is 11.8 Å². The van der Waals surface area contributed by atoms with Gasteiger partial charge in [-0.2, -0.15) is 0 Å². The SMILES string of the molecule is CC[C@H]1CN(CC(=O)NCCN2CCCC2)c2ccccc2S1. The van der Waals surface area contributed by atoms with Gasteiger partial charge in [0, 0.05) is 29.8 Å². The van der Waals surface area contributed by atoms with Crippen molar-refractivity contribution in [1.29, 1.82) is 0 Å². The van der Waals surface area contributed by atoms with E-state index in [4.69, 9.17) is 0 Å². The van der Waals surface area contributed by atoms with E-state index in [-0.39, 0.29) is 5.91 Å². The summed E-state index contributed by atoms with van der Waals surface area (Å²) in [4.78, 5) is 18.3. The third-order valence-electron chi connectivity index (χ3n) is 4.66. The van der Waals surface area contributed by atoms with E-state index >= 15 is 0 Å². The number of benzene rings is 1. The summed E-state index contributed by atoms with van der Waals surface area (Å²) in [6.07, 6.45) is 3.73. The van der Waals surface area contributed by atoms with E-state index in [1.165, 1.54) is 36.5 Å². The Labute approximate surface area is 143 Å². The van der Waals surface area contributed by atoms with E-state index in [0.29, 0.717) is 11.8 Å². The Morgan fingerprint density at radius 3 is 2.87 bits per heavy atom. The number of para-hydroxylation sites is 1. The fourth-order valence-corrected chi connectivity index (χ4v) is 4.59. The maximum absolute atomic E-state index is 12.3. The number of likely N-dealkylation sites (tertiary alicyclic amines) is 1. The van der Waals surface area contributed by atoms with Crippen molar-refractivity contribution in [2.75, 3.05) is 44.2 Å². The number of thioether (sulfide) groups is 1. The molecule has 2 aliphatic heterocycles. The molecule has 0 spiro atoms. The summed E-state index contributed by atoms with van der Waals surface area (Å²) in [6, 6.07) is 8.44. The average Bonchev–Trinajstić information content (AvgIpc) is 3.08. The second-order valence-corrected chi connectivity index (χ2v) is 7.74. The van der Waals surface area contributed by atoms with Crippen LogP contribution in [0.15, 0.2) is 29.2 Å². The van der Waals surface area contributed by atoms with E-state index in [1.807, 2.05) is 11.8 Å². The van der Waals surface area contributed by atoms with E-state index < -0.39 is 0 Å². The second kappa shape index (κ2) is 8.06. The predicted octanol–water partition coefficient (Wildman–Crippen LogP) is 2.59. The largest absolute Gasteiger partial charge is 0.360 e. The highest BCUT2D eigenvalue weighted by Gasteiger charge is 2.25. The fourth-order valence-electron chi connectivity index (χ4n) is 3.33. The molecular weight excluding hydrogens is 306 g/mol. The minimum Gasteiger partial charge on any atom is -0.360 e. The van der Waals surface area contributed by atoms with E-state index in [2.05, 4.69) is 46.3 Å². The summed E-state index contributed by atoms with van der Waals surface area (Å²) in [5, 5.41) is 3.66. The highest BCUT2D eigenvalue weighted by Crippen LogP contribution is 2.39. The number of amides is 1. The second-order valence-electron chi connectivity index (χ2n) is 6.40. The number of rotatable bonds is 6. The van der Waals surface area contributed by atoms with Gasteiger partial charge in [0.15, 0.2) is 0 Å². The zero-order valence-electron chi connectivity index (χ0n) is 14.0. The van der Waals surface area contributed by atoms with Crippen LogP contribution in [-0.4, -0.2) is 55.3 Å². The van der Waals surface area contributed by atoms with Crippen LogP contribution in [0, 0.1) is 0 Å². The molecule has 0 unspecified atom stereocenters. The molecule has 3 rings (SSSR count). The smallest absolute Gasteiger partial charge is 0.239 e. The van der Waals surface area contributed by atoms with Gasteiger partial charge in [0.05, 0.1) is 12.2 Å². The van der Waals surface area contributed by atoms with Gasteiger partial charge in [0.1, 0.15) is 0 Å². The van der Waals surface area contributed by atoms with Gasteiger partial charge >= 0.3 is 0 Å². The Kier molecular flexibility index (Phi) is 5.84. The molecule has 1 aromatic rings. The van der Waals surface area contributed by atoms with Crippen LogP contribution in [0.4, 0.5) is 5.69 Å². The van der Waals surface area contributed by atoms with E-state index in [9.17, 15) is 4.79 Å². The van der Waals surface area contributed by atoms with Crippen LogP contribution in [0.1, 0.15) is 26.2 Å². The molecule has 2 heterocycles. The van der Waals surface area contributed by atoms with Gasteiger partial charge in [-0.05, 0) is 44.5 Å². The van der Waals surface area contributed by atoms with Crippen LogP contribution >= 0.6 is 11.8 Å². The minimum absolute atomic E-state index is 0.140. The summed E-state index contributed by atoms with van der Waals surface area (Å²) in [7, 11) is 0. The molecular formula is C18H27N3OS. The lowest BCUT2D eigenvalue weighted by molar-refractivity contribution is -0.119. The normalized spacial score (nSPS) is 21.3. The highest BCUT2D eigenvalue weighted by molar-refractivity contribution is 8.00. The van der Waals surface area contributed by atoms with Crippen molar-refractivity contribution in [2.24, 2.45) is 0 Å². The molecule has 0 aliphatic carbocycles. The first-order chi connectivity index (χ1) is 11.3. The van der Waals surface area contributed by atoms with Gasteiger partial charge in [-0.25, -0.2) is 0 Å². The van der Waals surface area contributed by atoms with Gasteiger partial charge in [-0.1, -0.05) is 19.1 Å². The first-order valence-electron chi connectivity index (χ1n) is 8.76.